The van der Waals surface area contributed by atoms with Crippen LogP contribution in [0.5, 0.6) is 0 Å². The number of hydrogen-bond donors (Lipinski definition) is 1. The van der Waals surface area contributed by atoms with Gasteiger partial charge in [0.1, 0.15) is 0 Å². The highest BCUT2D eigenvalue weighted by atomic mass is 16.5. The molecule has 3 aliphatic rings. The Morgan fingerprint density at radius 3 is 2.73 bits per heavy atom. The Balaban J connectivity index is 1.36. The molecule has 3 heteroatoms. The minimum atomic E-state index is 0.734. The van der Waals surface area contributed by atoms with Gasteiger partial charge in [-0.05, 0) is 69.9 Å². The second-order valence-electron chi connectivity index (χ2n) is 7.82. The molecule has 0 aromatic carbocycles. The molecule has 0 aromatic rings. The first-order chi connectivity index (χ1) is 10.7. The molecule has 2 aliphatic heterocycles. The lowest BCUT2D eigenvalue weighted by molar-refractivity contribution is 0.146. The maximum atomic E-state index is 5.50. The Morgan fingerprint density at radius 2 is 2.05 bits per heavy atom. The van der Waals surface area contributed by atoms with Crippen molar-refractivity contribution in [1.82, 2.24) is 10.2 Å². The van der Waals surface area contributed by atoms with Crippen molar-refractivity contribution in [2.24, 2.45) is 17.8 Å². The van der Waals surface area contributed by atoms with Crippen LogP contribution in [0.2, 0.25) is 0 Å². The van der Waals surface area contributed by atoms with Crippen LogP contribution in [-0.2, 0) is 4.74 Å². The van der Waals surface area contributed by atoms with Gasteiger partial charge in [-0.15, -0.1) is 0 Å². The molecule has 0 saturated carbocycles. The van der Waals surface area contributed by atoms with Gasteiger partial charge in [-0.1, -0.05) is 18.6 Å². The standard InChI is InChI=1S/C19H34N2O/c1-15-4-3-5-16(2)19(15)12-20-18-6-9-21(10-7-18)13-17-8-11-22-14-17/h4,16-20H,3,5-14H2,1-2H3/t16-,17-,19-/m0/s1. The second kappa shape index (κ2) is 7.94. The fourth-order valence-electron chi connectivity index (χ4n) is 4.44. The van der Waals surface area contributed by atoms with Gasteiger partial charge in [-0.25, -0.2) is 0 Å². The van der Waals surface area contributed by atoms with Gasteiger partial charge in [0.25, 0.3) is 0 Å². The van der Waals surface area contributed by atoms with Crippen molar-refractivity contribution in [2.75, 3.05) is 39.4 Å². The van der Waals surface area contributed by atoms with Crippen LogP contribution in [0.3, 0.4) is 0 Å². The van der Waals surface area contributed by atoms with Gasteiger partial charge in [0.2, 0.25) is 0 Å². The Morgan fingerprint density at radius 1 is 1.23 bits per heavy atom. The summed E-state index contributed by atoms with van der Waals surface area (Å²) in [6, 6.07) is 0.734. The lowest BCUT2D eigenvalue weighted by Crippen LogP contribution is -2.45. The normalized spacial score (nSPS) is 34.8. The van der Waals surface area contributed by atoms with Gasteiger partial charge >= 0.3 is 0 Å². The van der Waals surface area contributed by atoms with Crippen LogP contribution >= 0.6 is 0 Å². The van der Waals surface area contributed by atoms with Crippen LogP contribution < -0.4 is 5.32 Å². The fourth-order valence-corrected chi connectivity index (χ4v) is 4.44. The van der Waals surface area contributed by atoms with Gasteiger partial charge in [0.05, 0.1) is 6.61 Å². The smallest absolute Gasteiger partial charge is 0.0507 e. The first kappa shape index (κ1) is 16.5. The largest absolute Gasteiger partial charge is 0.381 e. The van der Waals surface area contributed by atoms with Crippen molar-refractivity contribution in [3.05, 3.63) is 11.6 Å². The van der Waals surface area contributed by atoms with Crippen molar-refractivity contribution < 1.29 is 4.74 Å². The zero-order valence-electron chi connectivity index (χ0n) is 14.5. The molecule has 0 aromatic heterocycles. The molecule has 0 amide bonds. The van der Waals surface area contributed by atoms with Crippen LogP contribution in [0.25, 0.3) is 0 Å². The van der Waals surface area contributed by atoms with Gasteiger partial charge < -0.3 is 15.0 Å². The zero-order chi connectivity index (χ0) is 15.4. The Kier molecular flexibility index (Phi) is 5.95. The number of rotatable bonds is 5. The Labute approximate surface area is 136 Å². The van der Waals surface area contributed by atoms with Crippen molar-refractivity contribution in [3.8, 4) is 0 Å². The van der Waals surface area contributed by atoms with E-state index < -0.39 is 0 Å². The second-order valence-corrected chi connectivity index (χ2v) is 7.82. The van der Waals surface area contributed by atoms with Crippen LogP contribution in [0, 0.1) is 17.8 Å². The van der Waals surface area contributed by atoms with E-state index in [-0.39, 0.29) is 0 Å². The average Bonchev–Trinajstić information content (AvgIpc) is 3.01. The molecular formula is C19H34N2O. The predicted molar refractivity (Wildman–Crippen MR) is 92.0 cm³/mol. The van der Waals surface area contributed by atoms with Crippen LogP contribution in [0.4, 0.5) is 0 Å². The summed E-state index contributed by atoms with van der Waals surface area (Å²) in [5.41, 5.74) is 1.62. The summed E-state index contributed by atoms with van der Waals surface area (Å²) in [4.78, 5) is 2.66. The number of nitrogens with one attached hydrogen (secondary N) is 1. The van der Waals surface area contributed by atoms with E-state index in [1.165, 1.54) is 58.3 Å². The first-order valence-electron chi connectivity index (χ1n) is 9.42. The molecule has 3 atom stereocenters. The molecule has 1 N–H and O–H groups in total. The van der Waals surface area contributed by atoms with Crippen molar-refractivity contribution in [3.63, 3.8) is 0 Å². The van der Waals surface area contributed by atoms with E-state index in [1.807, 2.05) is 0 Å². The summed E-state index contributed by atoms with van der Waals surface area (Å²) in [7, 11) is 0. The minimum absolute atomic E-state index is 0.734. The molecule has 0 radical (unpaired) electrons. The highest BCUT2D eigenvalue weighted by Gasteiger charge is 2.26. The maximum absolute atomic E-state index is 5.50. The van der Waals surface area contributed by atoms with E-state index in [0.717, 1.165) is 37.0 Å². The number of piperidine rings is 1. The van der Waals surface area contributed by atoms with Gasteiger partial charge in [-0.3, -0.25) is 0 Å². The van der Waals surface area contributed by atoms with E-state index in [0.29, 0.717) is 0 Å². The summed E-state index contributed by atoms with van der Waals surface area (Å²) in [6.07, 6.45) is 9.01. The molecule has 1 aliphatic carbocycles. The molecule has 0 unspecified atom stereocenters. The monoisotopic (exact) mass is 306 g/mol. The summed E-state index contributed by atoms with van der Waals surface area (Å²) < 4.78 is 5.50. The highest BCUT2D eigenvalue weighted by molar-refractivity contribution is 5.09. The van der Waals surface area contributed by atoms with Crippen molar-refractivity contribution in [2.45, 2.75) is 52.0 Å². The van der Waals surface area contributed by atoms with Crippen LogP contribution in [0.15, 0.2) is 11.6 Å². The third kappa shape index (κ3) is 4.33. The number of likely N-dealkylation sites (tertiary alicyclic amines) is 1. The van der Waals surface area contributed by atoms with Crippen LogP contribution in [0.1, 0.15) is 46.0 Å². The lowest BCUT2D eigenvalue weighted by Gasteiger charge is -2.36. The molecule has 22 heavy (non-hydrogen) atoms. The van der Waals surface area contributed by atoms with E-state index in [9.17, 15) is 0 Å². The van der Waals surface area contributed by atoms with E-state index in [1.54, 1.807) is 5.57 Å². The van der Waals surface area contributed by atoms with E-state index in [2.05, 4.69) is 30.1 Å². The van der Waals surface area contributed by atoms with Crippen molar-refractivity contribution in [1.29, 1.82) is 0 Å². The summed E-state index contributed by atoms with van der Waals surface area (Å²) in [5, 5.41) is 3.87. The summed E-state index contributed by atoms with van der Waals surface area (Å²) >= 11 is 0. The van der Waals surface area contributed by atoms with E-state index >= 15 is 0 Å². The number of hydrogen-bond acceptors (Lipinski definition) is 3. The molecule has 2 saturated heterocycles. The number of nitrogens with zero attached hydrogens (tertiary/aromatic N) is 1. The number of allylic oxidation sites excluding steroid dienone is 1. The Hall–Kier alpha value is -0.380. The third-order valence-electron chi connectivity index (χ3n) is 6.11. The third-order valence-corrected chi connectivity index (χ3v) is 6.11. The van der Waals surface area contributed by atoms with E-state index in [4.69, 9.17) is 4.74 Å². The first-order valence-corrected chi connectivity index (χ1v) is 9.42. The summed E-state index contributed by atoms with van der Waals surface area (Å²) in [5.74, 6) is 2.41. The van der Waals surface area contributed by atoms with Crippen molar-refractivity contribution >= 4 is 0 Å². The maximum Gasteiger partial charge on any atom is 0.0507 e. The summed E-state index contributed by atoms with van der Waals surface area (Å²) in [6.45, 7) is 11.7. The predicted octanol–water partition coefficient (Wildman–Crippen LogP) is 3.07. The zero-order valence-corrected chi connectivity index (χ0v) is 14.5. The molecular weight excluding hydrogens is 272 g/mol. The SMILES string of the molecule is CC1=CCC[C@H](C)[C@H]1CNC1CCN(C[C@@H]2CCOC2)CC1. The highest BCUT2D eigenvalue weighted by Crippen LogP contribution is 2.29. The number of ether oxygens (including phenoxy) is 1. The molecule has 0 spiro atoms. The molecule has 3 nitrogen and oxygen atoms in total. The topological polar surface area (TPSA) is 24.5 Å². The van der Waals surface area contributed by atoms with Crippen LogP contribution in [-0.4, -0.2) is 50.3 Å². The lowest BCUT2D eigenvalue weighted by atomic mass is 9.80. The molecule has 2 fully saturated rings. The molecule has 2 heterocycles. The minimum Gasteiger partial charge on any atom is -0.381 e. The quantitative estimate of drug-likeness (QED) is 0.790. The molecule has 3 rings (SSSR count). The van der Waals surface area contributed by atoms with Gasteiger partial charge in [-0.2, -0.15) is 0 Å². The van der Waals surface area contributed by atoms with Gasteiger partial charge in [0.15, 0.2) is 0 Å². The molecule has 126 valence electrons. The fraction of sp³-hybridized carbons (Fsp3) is 0.895. The van der Waals surface area contributed by atoms with Gasteiger partial charge in [0, 0.05) is 25.7 Å². The average molecular weight is 306 g/mol. The molecule has 0 bridgehead atoms. The Bertz CT molecular complexity index is 368.